The molecule has 0 radical (unpaired) electrons. The number of likely N-dealkylation sites (tertiary alicyclic amines) is 2. The molecule has 2 aromatic rings. The average Bonchev–Trinajstić information content (AvgIpc) is 2.83. The molecule has 4 heteroatoms. The fraction of sp³-hybridized carbons (Fsp3) is 0.462. The van der Waals surface area contributed by atoms with Crippen molar-refractivity contribution in [1.82, 2.24) is 9.80 Å². The molecule has 2 aliphatic heterocycles. The van der Waals surface area contributed by atoms with E-state index in [2.05, 4.69) is 94.5 Å². The molecule has 0 bridgehead atoms. The Morgan fingerprint density at radius 1 is 0.567 bits per heavy atom. The lowest BCUT2D eigenvalue weighted by molar-refractivity contribution is 0.210. The first kappa shape index (κ1) is 21.0. The van der Waals surface area contributed by atoms with Gasteiger partial charge in [0, 0.05) is 75.4 Å². The van der Waals surface area contributed by atoms with Crippen LogP contribution in [0.25, 0.3) is 0 Å². The molecule has 2 saturated heterocycles. The molecule has 0 spiro atoms. The van der Waals surface area contributed by atoms with E-state index < -0.39 is 0 Å². The molecule has 0 amide bonds. The van der Waals surface area contributed by atoms with Crippen molar-refractivity contribution in [3.63, 3.8) is 0 Å². The van der Waals surface area contributed by atoms with Gasteiger partial charge in [-0.3, -0.25) is 9.80 Å². The van der Waals surface area contributed by atoms with Crippen molar-refractivity contribution in [2.24, 2.45) is 10.2 Å². The third kappa shape index (κ3) is 5.24. The van der Waals surface area contributed by atoms with Crippen molar-refractivity contribution in [1.29, 1.82) is 0 Å². The van der Waals surface area contributed by atoms with Crippen LogP contribution in [-0.4, -0.2) is 47.4 Å². The highest BCUT2D eigenvalue weighted by atomic mass is 15.2. The number of benzene rings is 2. The lowest BCUT2D eigenvalue weighted by atomic mass is 10.0. The lowest BCUT2D eigenvalue weighted by Crippen LogP contribution is -2.36. The number of nitrogens with zero attached hydrogens (tertiary/aromatic N) is 4. The largest absolute Gasteiger partial charge is 0.296 e. The Hall–Kier alpha value is -2.30. The molecule has 4 rings (SSSR count). The fourth-order valence-corrected chi connectivity index (χ4v) is 4.57. The van der Waals surface area contributed by atoms with Gasteiger partial charge in [-0.1, -0.05) is 60.7 Å². The highest BCUT2D eigenvalue weighted by Gasteiger charge is 2.22. The van der Waals surface area contributed by atoms with Gasteiger partial charge in [0.25, 0.3) is 0 Å². The maximum atomic E-state index is 4.66. The summed E-state index contributed by atoms with van der Waals surface area (Å²) in [6, 6.07) is 22.5. The Balaban J connectivity index is 1.26. The van der Waals surface area contributed by atoms with Gasteiger partial charge in [0.1, 0.15) is 0 Å². The van der Waals surface area contributed by atoms with E-state index in [1.165, 1.54) is 22.6 Å². The third-order valence-corrected chi connectivity index (χ3v) is 6.74. The van der Waals surface area contributed by atoms with Gasteiger partial charge in [-0.05, 0) is 25.0 Å². The predicted octanol–water partition coefficient (Wildman–Crippen LogP) is 5.50. The van der Waals surface area contributed by atoms with E-state index in [1.807, 2.05) is 0 Å². The van der Waals surface area contributed by atoms with E-state index in [0.717, 1.165) is 51.9 Å². The molecular weight excluding hydrogens is 368 g/mol. The molecule has 2 atom stereocenters. The molecule has 0 unspecified atom stereocenters. The number of piperidine rings is 2. The summed E-state index contributed by atoms with van der Waals surface area (Å²) in [5.74, 6) is 0. The van der Waals surface area contributed by atoms with E-state index >= 15 is 0 Å². The Kier molecular flexibility index (Phi) is 7.08. The molecule has 4 nitrogen and oxygen atoms in total. The van der Waals surface area contributed by atoms with Crippen molar-refractivity contribution < 1.29 is 0 Å². The Bertz CT molecular complexity index is 766. The van der Waals surface area contributed by atoms with Gasteiger partial charge >= 0.3 is 0 Å². The molecule has 0 aliphatic carbocycles. The number of rotatable bonds is 5. The van der Waals surface area contributed by atoms with E-state index in [0.29, 0.717) is 12.1 Å². The monoisotopic (exact) mass is 402 g/mol. The quantitative estimate of drug-likeness (QED) is 0.619. The van der Waals surface area contributed by atoms with Crippen LogP contribution in [0.1, 0.15) is 62.7 Å². The molecule has 2 aromatic carbocycles. The van der Waals surface area contributed by atoms with Gasteiger partial charge in [0.05, 0.1) is 0 Å². The summed E-state index contributed by atoms with van der Waals surface area (Å²) >= 11 is 0. The van der Waals surface area contributed by atoms with Gasteiger partial charge in [-0.2, -0.15) is 10.2 Å². The van der Waals surface area contributed by atoms with Gasteiger partial charge in [0.2, 0.25) is 0 Å². The minimum Gasteiger partial charge on any atom is -0.296 e. The first-order valence-corrected chi connectivity index (χ1v) is 11.4. The second-order valence-electron chi connectivity index (χ2n) is 8.58. The zero-order valence-electron chi connectivity index (χ0n) is 18.4. The zero-order valence-corrected chi connectivity index (χ0v) is 18.4. The zero-order chi connectivity index (χ0) is 20.8. The molecule has 0 saturated carbocycles. The second-order valence-corrected chi connectivity index (χ2v) is 8.58. The van der Waals surface area contributed by atoms with Gasteiger partial charge in [-0.15, -0.1) is 0 Å². The van der Waals surface area contributed by atoms with Crippen molar-refractivity contribution in [2.45, 2.75) is 51.6 Å². The Morgan fingerprint density at radius 2 is 0.900 bits per heavy atom. The summed E-state index contributed by atoms with van der Waals surface area (Å²) in [5, 5.41) is 9.32. The normalized spacial score (nSPS) is 20.6. The molecule has 0 aromatic heterocycles. The fourth-order valence-electron chi connectivity index (χ4n) is 4.57. The van der Waals surface area contributed by atoms with Gasteiger partial charge in [-0.25, -0.2) is 0 Å². The molecule has 2 heterocycles. The minimum absolute atomic E-state index is 0.468. The van der Waals surface area contributed by atoms with Crippen LogP contribution in [0, 0.1) is 0 Å². The predicted molar refractivity (Wildman–Crippen MR) is 126 cm³/mol. The maximum absolute atomic E-state index is 4.66. The summed E-state index contributed by atoms with van der Waals surface area (Å²) in [7, 11) is 0. The summed E-state index contributed by atoms with van der Waals surface area (Å²) < 4.78 is 0. The Morgan fingerprint density at radius 3 is 1.23 bits per heavy atom. The van der Waals surface area contributed by atoms with Crippen molar-refractivity contribution in [3.05, 3.63) is 71.8 Å². The lowest BCUT2D eigenvalue weighted by Gasteiger charge is -2.33. The highest BCUT2D eigenvalue weighted by Crippen LogP contribution is 2.24. The van der Waals surface area contributed by atoms with Crippen LogP contribution < -0.4 is 0 Å². The summed E-state index contributed by atoms with van der Waals surface area (Å²) in [4.78, 5) is 5.12. The maximum Gasteiger partial charge on any atom is 0.0431 e. The van der Waals surface area contributed by atoms with Crippen LogP contribution >= 0.6 is 0 Å². The van der Waals surface area contributed by atoms with Crippen LogP contribution in [0.15, 0.2) is 70.9 Å². The highest BCUT2D eigenvalue weighted by molar-refractivity contribution is 5.89. The molecule has 2 fully saturated rings. The standard InChI is InChI=1S/C26H34N4/c1-21(23-9-5-3-6-10-23)29-17-13-25(14-18-29)27-28-26-15-19-30(20-16-26)22(2)24-11-7-4-8-12-24/h3-12,21-22H,13-20H2,1-2H3/t21-,22-/m1/s1. The van der Waals surface area contributed by atoms with E-state index in [1.54, 1.807) is 0 Å². The Labute approximate surface area is 181 Å². The van der Waals surface area contributed by atoms with Crippen LogP contribution in [-0.2, 0) is 0 Å². The van der Waals surface area contributed by atoms with Crippen molar-refractivity contribution in [3.8, 4) is 0 Å². The second kappa shape index (κ2) is 10.1. The number of hydrogen-bond acceptors (Lipinski definition) is 4. The van der Waals surface area contributed by atoms with Crippen LogP contribution in [0.2, 0.25) is 0 Å². The molecule has 0 N–H and O–H groups in total. The first-order chi connectivity index (χ1) is 14.7. The molecule has 30 heavy (non-hydrogen) atoms. The van der Waals surface area contributed by atoms with Gasteiger partial charge < -0.3 is 0 Å². The number of hydrogen-bond donors (Lipinski definition) is 0. The molecule has 2 aliphatic rings. The smallest absolute Gasteiger partial charge is 0.0431 e. The topological polar surface area (TPSA) is 31.2 Å². The molecular formula is C26H34N4. The summed E-state index contributed by atoms with van der Waals surface area (Å²) in [6.45, 7) is 8.90. The van der Waals surface area contributed by atoms with E-state index in [4.69, 9.17) is 0 Å². The van der Waals surface area contributed by atoms with E-state index in [9.17, 15) is 0 Å². The van der Waals surface area contributed by atoms with Crippen LogP contribution in [0.3, 0.4) is 0 Å². The third-order valence-electron chi connectivity index (χ3n) is 6.74. The molecule has 158 valence electrons. The SMILES string of the molecule is C[C@H](c1ccccc1)N1CCC(=NN=C2CCN([C@H](C)c3ccccc3)CC2)CC1. The van der Waals surface area contributed by atoms with Crippen molar-refractivity contribution in [2.75, 3.05) is 26.2 Å². The summed E-state index contributed by atoms with van der Waals surface area (Å²) in [5.41, 5.74) is 5.32. The minimum atomic E-state index is 0.468. The van der Waals surface area contributed by atoms with Gasteiger partial charge in [0.15, 0.2) is 0 Å². The van der Waals surface area contributed by atoms with Crippen LogP contribution in [0.5, 0.6) is 0 Å². The van der Waals surface area contributed by atoms with Crippen molar-refractivity contribution >= 4 is 11.4 Å². The average molecular weight is 403 g/mol. The van der Waals surface area contributed by atoms with Crippen LogP contribution in [0.4, 0.5) is 0 Å². The summed E-state index contributed by atoms with van der Waals surface area (Å²) in [6.07, 6.45) is 4.13. The first-order valence-electron chi connectivity index (χ1n) is 11.4. The van der Waals surface area contributed by atoms with E-state index in [-0.39, 0.29) is 0 Å².